The standard InChI is InChI=1S/C21H21NOS/c1-15-7-8-16(2)20(11-15)22-21(23)14-24-13-17-9-10-18-5-3-4-6-19(18)12-17/h3-12H,13-14H2,1-2H3,(H,22,23). The van der Waals surface area contributed by atoms with E-state index in [0.29, 0.717) is 5.75 Å². The fourth-order valence-corrected chi connectivity index (χ4v) is 3.42. The molecule has 0 unspecified atom stereocenters. The number of aryl methyl sites for hydroxylation is 2. The molecule has 1 N–H and O–H groups in total. The van der Waals surface area contributed by atoms with Gasteiger partial charge in [-0.2, -0.15) is 0 Å². The molecule has 0 bridgehead atoms. The monoisotopic (exact) mass is 335 g/mol. The maximum atomic E-state index is 12.1. The van der Waals surface area contributed by atoms with E-state index in [4.69, 9.17) is 0 Å². The van der Waals surface area contributed by atoms with Gasteiger partial charge in [-0.25, -0.2) is 0 Å². The van der Waals surface area contributed by atoms with E-state index in [2.05, 4.69) is 47.8 Å². The van der Waals surface area contributed by atoms with E-state index in [9.17, 15) is 4.79 Å². The third-order valence-corrected chi connectivity index (χ3v) is 4.99. The van der Waals surface area contributed by atoms with E-state index in [0.717, 1.165) is 22.6 Å². The Bertz CT molecular complexity index is 873. The normalized spacial score (nSPS) is 10.8. The van der Waals surface area contributed by atoms with Crippen molar-refractivity contribution >= 4 is 34.1 Å². The van der Waals surface area contributed by atoms with Crippen molar-refractivity contribution in [3.05, 3.63) is 77.4 Å². The minimum atomic E-state index is 0.0505. The zero-order chi connectivity index (χ0) is 16.9. The number of hydrogen-bond donors (Lipinski definition) is 1. The van der Waals surface area contributed by atoms with E-state index in [1.807, 2.05) is 32.0 Å². The molecule has 0 saturated carbocycles. The summed E-state index contributed by atoms with van der Waals surface area (Å²) in [7, 11) is 0. The molecule has 0 atom stereocenters. The third-order valence-electron chi connectivity index (χ3n) is 3.98. The van der Waals surface area contributed by atoms with Gasteiger partial charge in [0.05, 0.1) is 5.75 Å². The van der Waals surface area contributed by atoms with Crippen LogP contribution in [0.3, 0.4) is 0 Å². The molecule has 3 aromatic rings. The van der Waals surface area contributed by atoms with E-state index < -0.39 is 0 Å². The lowest BCUT2D eigenvalue weighted by Crippen LogP contribution is -2.15. The lowest BCUT2D eigenvalue weighted by molar-refractivity contribution is -0.113. The van der Waals surface area contributed by atoms with E-state index >= 15 is 0 Å². The van der Waals surface area contributed by atoms with Crippen molar-refractivity contribution in [1.29, 1.82) is 0 Å². The average Bonchev–Trinajstić information content (AvgIpc) is 2.58. The summed E-state index contributed by atoms with van der Waals surface area (Å²) >= 11 is 1.64. The van der Waals surface area contributed by atoms with E-state index in [-0.39, 0.29) is 5.91 Å². The lowest BCUT2D eigenvalue weighted by atomic mass is 10.1. The summed E-state index contributed by atoms with van der Waals surface area (Å²) in [5.74, 6) is 1.35. The zero-order valence-corrected chi connectivity index (χ0v) is 14.8. The second kappa shape index (κ2) is 7.54. The molecule has 122 valence electrons. The highest BCUT2D eigenvalue weighted by Crippen LogP contribution is 2.20. The van der Waals surface area contributed by atoms with Crippen LogP contribution in [-0.4, -0.2) is 11.7 Å². The van der Waals surface area contributed by atoms with Gasteiger partial charge in [0.25, 0.3) is 0 Å². The molecule has 0 fully saturated rings. The Hall–Kier alpha value is -2.26. The van der Waals surface area contributed by atoms with Crippen molar-refractivity contribution in [3.63, 3.8) is 0 Å². The Kier molecular flexibility index (Phi) is 5.21. The van der Waals surface area contributed by atoms with Crippen molar-refractivity contribution in [2.24, 2.45) is 0 Å². The molecular formula is C21H21NOS. The summed E-state index contributed by atoms with van der Waals surface area (Å²) in [5, 5.41) is 5.50. The first kappa shape index (κ1) is 16.6. The maximum absolute atomic E-state index is 12.1. The maximum Gasteiger partial charge on any atom is 0.234 e. The molecule has 24 heavy (non-hydrogen) atoms. The van der Waals surface area contributed by atoms with Crippen LogP contribution in [0.1, 0.15) is 16.7 Å². The van der Waals surface area contributed by atoms with Gasteiger partial charge in [-0.15, -0.1) is 11.8 Å². The van der Waals surface area contributed by atoms with Gasteiger partial charge in [-0.3, -0.25) is 4.79 Å². The van der Waals surface area contributed by atoms with Gasteiger partial charge in [-0.05, 0) is 47.4 Å². The summed E-state index contributed by atoms with van der Waals surface area (Å²) in [5.41, 5.74) is 4.40. The fourth-order valence-electron chi connectivity index (χ4n) is 2.65. The van der Waals surface area contributed by atoms with Gasteiger partial charge in [0.1, 0.15) is 0 Å². The second-order valence-electron chi connectivity index (χ2n) is 6.04. The Labute approximate surface area is 147 Å². The van der Waals surface area contributed by atoms with Crippen molar-refractivity contribution in [2.45, 2.75) is 19.6 Å². The first-order chi connectivity index (χ1) is 11.6. The van der Waals surface area contributed by atoms with E-state index in [1.54, 1.807) is 11.8 Å². The number of benzene rings is 3. The highest BCUT2D eigenvalue weighted by atomic mass is 32.2. The zero-order valence-electron chi connectivity index (χ0n) is 14.0. The molecule has 0 aliphatic heterocycles. The number of carbonyl (C=O) groups excluding carboxylic acids is 1. The summed E-state index contributed by atoms with van der Waals surface area (Å²) < 4.78 is 0. The van der Waals surface area contributed by atoms with Crippen molar-refractivity contribution < 1.29 is 4.79 Å². The molecule has 0 aliphatic carbocycles. The number of fused-ring (bicyclic) bond motifs is 1. The number of rotatable bonds is 5. The fraction of sp³-hybridized carbons (Fsp3) is 0.190. The molecular weight excluding hydrogens is 314 g/mol. The molecule has 1 amide bonds. The van der Waals surface area contributed by atoms with Crippen LogP contribution in [0.5, 0.6) is 0 Å². The molecule has 0 aliphatic rings. The molecule has 3 heteroatoms. The Balaban J connectivity index is 1.55. The first-order valence-electron chi connectivity index (χ1n) is 8.04. The number of amides is 1. The van der Waals surface area contributed by atoms with Gasteiger partial charge in [0, 0.05) is 11.4 Å². The Morgan fingerprint density at radius 3 is 2.58 bits per heavy atom. The molecule has 0 saturated heterocycles. The molecule has 2 nitrogen and oxygen atoms in total. The highest BCUT2D eigenvalue weighted by molar-refractivity contribution is 7.99. The van der Waals surface area contributed by atoms with Crippen LogP contribution < -0.4 is 5.32 Å². The SMILES string of the molecule is Cc1ccc(C)c(NC(=O)CSCc2ccc3ccccc3c2)c1. The molecule has 0 spiro atoms. The van der Waals surface area contributed by atoms with Crippen molar-refractivity contribution in [2.75, 3.05) is 11.1 Å². The number of nitrogens with one attached hydrogen (secondary N) is 1. The largest absolute Gasteiger partial charge is 0.325 e. The van der Waals surface area contributed by atoms with Crippen LogP contribution in [0.15, 0.2) is 60.7 Å². The van der Waals surface area contributed by atoms with Crippen LogP contribution in [0.25, 0.3) is 10.8 Å². The third kappa shape index (κ3) is 4.18. The molecule has 3 aromatic carbocycles. The first-order valence-corrected chi connectivity index (χ1v) is 9.20. The van der Waals surface area contributed by atoms with Gasteiger partial charge in [0.15, 0.2) is 0 Å². The summed E-state index contributed by atoms with van der Waals surface area (Å²) in [6.45, 7) is 4.04. The molecule has 3 rings (SSSR count). The lowest BCUT2D eigenvalue weighted by Gasteiger charge is -2.09. The van der Waals surface area contributed by atoms with Gasteiger partial charge in [0.2, 0.25) is 5.91 Å². The molecule has 0 radical (unpaired) electrons. The average molecular weight is 335 g/mol. The summed E-state index contributed by atoms with van der Waals surface area (Å²) in [4.78, 5) is 12.1. The Morgan fingerprint density at radius 2 is 1.75 bits per heavy atom. The van der Waals surface area contributed by atoms with Gasteiger partial charge >= 0.3 is 0 Å². The van der Waals surface area contributed by atoms with Gasteiger partial charge < -0.3 is 5.32 Å². The smallest absolute Gasteiger partial charge is 0.234 e. The Morgan fingerprint density at radius 1 is 0.958 bits per heavy atom. The van der Waals surface area contributed by atoms with E-state index in [1.165, 1.54) is 16.3 Å². The van der Waals surface area contributed by atoms with Crippen LogP contribution in [0.2, 0.25) is 0 Å². The molecule has 0 aromatic heterocycles. The molecule has 0 heterocycles. The van der Waals surface area contributed by atoms with Crippen LogP contribution in [0, 0.1) is 13.8 Å². The van der Waals surface area contributed by atoms with Crippen LogP contribution >= 0.6 is 11.8 Å². The number of thioether (sulfide) groups is 1. The quantitative estimate of drug-likeness (QED) is 0.683. The minimum absolute atomic E-state index is 0.0505. The second-order valence-corrected chi connectivity index (χ2v) is 7.03. The topological polar surface area (TPSA) is 29.1 Å². The highest BCUT2D eigenvalue weighted by Gasteiger charge is 2.06. The number of carbonyl (C=O) groups is 1. The minimum Gasteiger partial charge on any atom is -0.325 e. The van der Waals surface area contributed by atoms with Crippen LogP contribution in [0.4, 0.5) is 5.69 Å². The van der Waals surface area contributed by atoms with Crippen LogP contribution in [-0.2, 0) is 10.5 Å². The number of anilines is 1. The summed E-state index contributed by atoms with van der Waals surface area (Å²) in [6, 6.07) is 20.9. The van der Waals surface area contributed by atoms with Gasteiger partial charge in [-0.1, -0.05) is 54.6 Å². The summed E-state index contributed by atoms with van der Waals surface area (Å²) in [6.07, 6.45) is 0. The van der Waals surface area contributed by atoms with Crippen molar-refractivity contribution in [3.8, 4) is 0 Å². The predicted octanol–water partition coefficient (Wildman–Crippen LogP) is 5.33. The predicted molar refractivity (Wildman–Crippen MR) is 105 cm³/mol. The van der Waals surface area contributed by atoms with Crippen molar-refractivity contribution in [1.82, 2.24) is 0 Å². The number of hydrogen-bond acceptors (Lipinski definition) is 2.